The van der Waals surface area contributed by atoms with Crippen molar-refractivity contribution in [2.24, 2.45) is 0 Å². The summed E-state index contributed by atoms with van der Waals surface area (Å²) in [5.41, 5.74) is 0.0778. The monoisotopic (exact) mass is 279 g/mol. The normalized spacial score (nSPS) is 15.5. The molecule has 0 saturated heterocycles. The molecule has 0 aliphatic carbocycles. The fraction of sp³-hybridized carbons (Fsp3) is 0.833. The van der Waals surface area contributed by atoms with Crippen LogP contribution in [-0.2, 0) is 12.6 Å². The molecule has 0 radical (unpaired) electrons. The topological polar surface area (TPSA) is 51.0 Å². The summed E-state index contributed by atoms with van der Waals surface area (Å²) in [6.45, 7) is 4.23. The quantitative estimate of drug-likeness (QED) is 0.779. The Labute approximate surface area is 110 Å². The van der Waals surface area contributed by atoms with Gasteiger partial charge in [-0.3, -0.25) is 0 Å². The van der Waals surface area contributed by atoms with Crippen LogP contribution in [-0.4, -0.2) is 22.7 Å². The molecule has 0 aliphatic rings. The minimum Gasteiger partial charge on any atom is -0.329 e. The van der Waals surface area contributed by atoms with E-state index in [4.69, 9.17) is 0 Å². The van der Waals surface area contributed by atoms with Crippen LogP contribution >= 0.6 is 0 Å². The van der Waals surface area contributed by atoms with Crippen molar-refractivity contribution >= 4 is 0 Å². The number of nitrogens with zero attached hydrogens (tertiary/aromatic N) is 2. The zero-order valence-electron chi connectivity index (χ0n) is 11.5. The average Bonchev–Trinajstić information content (AvgIpc) is 2.83. The molecular weight excluding hydrogens is 259 g/mol. The maximum absolute atomic E-state index is 12.2. The van der Waals surface area contributed by atoms with Crippen molar-refractivity contribution in [3.8, 4) is 0 Å². The van der Waals surface area contributed by atoms with Gasteiger partial charge in [0.25, 0.3) is 0 Å². The number of hydrogen-bond donors (Lipinski definition) is 1. The van der Waals surface area contributed by atoms with Crippen molar-refractivity contribution in [1.82, 2.24) is 15.5 Å². The van der Waals surface area contributed by atoms with Crippen molar-refractivity contribution in [3.63, 3.8) is 0 Å². The Bertz CT molecular complexity index is 386. The first-order valence-corrected chi connectivity index (χ1v) is 6.39. The van der Waals surface area contributed by atoms with Gasteiger partial charge in [0.05, 0.1) is 0 Å². The van der Waals surface area contributed by atoms with Crippen molar-refractivity contribution in [2.45, 2.75) is 57.7 Å². The molecule has 1 aromatic heterocycles. The van der Waals surface area contributed by atoms with Gasteiger partial charge in [0.15, 0.2) is 5.82 Å². The summed E-state index contributed by atoms with van der Waals surface area (Å²) >= 11 is 0. The lowest BCUT2D eigenvalue weighted by Crippen LogP contribution is -2.38. The van der Waals surface area contributed by atoms with Crippen LogP contribution in [0.1, 0.15) is 51.2 Å². The van der Waals surface area contributed by atoms with E-state index in [2.05, 4.69) is 33.8 Å². The van der Waals surface area contributed by atoms with E-state index >= 15 is 0 Å². The number of halogens is 3. The van der Waals surface area contributed by atoms with Gasteiger partial charge in [0.2, 0.25) is 0 Å². The third-order valence-corrected chi connectivity index (χ3v) is 3.47. The molecule has 7 heteroatoms. The van der Waals surface area contributed by atoms with Crippen molar-refractivity contribution in [1.29, 1.82) is 0 Å². The standard InChI is InChI=1S/C12H20F3N3O/c1-4-11(2,16-3)8-6-5-7-9-17-10(19-18-9)12(13,14)15/h16H,4-8H2,1-3H3. The Hall–Kier alpha value is -1.11. The number of hydrogen-bond acceptors (Lipinski definition) is 4. The van der Waals surface area contributed by atoms with Gasteiger partial charge in [-0.2, -0.15) is 18.2 Å². The zero-order chi connectivity index (χ0) is 14.5. The summed E-state index contributed by atoms with van der Waals surface area (Å²) < 4.78 is 40.9. The number of aromatic nitrogens is 2. The molecule has 0 aromatic carbocycles. The maximum Gasteiger partial charge on any atom is 0.471 e. The summed E-state index contributed by atoms with van der Waals surface area (Å²) in [4.78, 5) is 3.34. The van der Waals surface area contributed by atoms with Gasteiger partial charge in [0.1, 0.15) is 0 Å². The second-order valence-electron chi connectivity index (χ2n) is 4.88. The molecule has 0 aliphatic heterocycles. The predicted octanol–water partition coefficient (Wildman–Crippen LogP) is 3.19. The van der Waals surface area contributed by atoms with E-state index in [-0.39, 0.29) is 11.4 Å². The van der Waals surface area contributed by atoms with E-state index in [9.17, 15) is 13.2 Å². The number of aryl methyl sites for hydroxylation is 1. The molecule has 1 atom stereocenters. The Balaban J connectivity index is 2.36. The van der Waals surface area contributed by atoms with Gasteiger partial charge < -0.3 is 9.84 Å². The summed E-state index contributed by atoms with van der Waals surface area (Å²) in [5, 5.41) is 6.59. The second kappa shape index (κ2) is 6.36. The Morgan fingerprint density at radius 2 is 1.95 bits per heavy atom. The first-order chi connectivity index (χ1) is 8.80. The minimum absolute atomic E-state index is 0.0778. The second-order valence-corrected chi connectivity index (χ2v) is 4.88. The summed E-state index contributed by atoms with van der Waals surface area (Å²) in [6, 6.07) is 0. The molecule has 1 rings (SSSR count). The van der Waals surface area contributed by atoms with Gasteiger partial charge in [-0.15, -0.1) is 0 Å². The fourth-order valence-corrected chi connectivity index (χ4v) is 1.75. The van der Waals surface area contributed by atoms with Crippen molar-refractivity contribution < 1.29 is 17.7 Å². The third-order valence-electron chi connectivity index (χ3n) is 3.47. The molecule has 0 saturated carbocycles. The zero-order valence-corrected chi connectivity index (χ0v) is 11.5. The van der Waals surface area contributed by atoms with Gasteiger partial charge in [-0.05, 0) is 33.2 Å². The summed E-state index contributed by atoms with van der Waals surface area (Å²) in [5.74, 6) is -1.15. The average molecular weight is 279 g/mol. The molecule has 0 amide bonds. The highest BCUT2D eigenvalue weighted by atomic mass is 19.4. The SMILES string of the molecule is CCC(C)(CCCCc1noc(C(F)(F)F)n1)NC. The molecule has 1 aromatic rings. The van der Waals surface area contributed by atoms with E-state index in [1.165, 1.54) is 0 Å². The molecule has 4 nitrogen and oxygen atoms in total. The lowest BCUT2D eigenvalue weighted by Gasteiger charge is -2.27. The van der Waals surface area contributed by atoms with Gasteiger partial charge in [-0.25, -0.2) is 0 Å². The van der Waals surface area contributed by atoms with Crippen LogP contribution < -0.4 is 5.32 Å². The van der Waals surface area contributed by atoms with Crippen LogP contribution in [0.3, 0.4) is 0 Å². The van der Waals surface area contributed by atoms with Gasteiger partial charge in [0, 0.05) is 12.0 Å². The van der Waals surface area contributed by atoms with Crippen LogP contribution in [0, 0.1) is 0 Å². The van der Waals surface area contributed by atoms with Crippen LogP contribution in [0.5, 0.6) is 0 Å². The van der Waals surface area contributed by atoms with E-state index in [0.717, 1.165) is 25.7 Å². The highest BCUT2D eigenvalue weighted by Crippen LogP contribution is 2.27. The van der Waals surface area contributed by atoms with Crippen LogP contribution in [0.15, 0.2) is 4.52 Å². The third kappa shape index (κ3) is 4.81. The highest BCUT2D eigenvalue weighted by Gasteiger charge is 2.38. The van der Waals surface area contributed by atoms with Gasteiger partial charge >= 0.3 is 12.1 Å². The molecule has 0 fully saturated rings. The summed E-state index contributed by atoms with van der Waals surface area (Å²) in [6.07, 6.45) is -0.537. The maximum atomic E-state index is 12.2. The molecule has 110 valence electrons. The molecular formula is C12H20F3N3O. The highest BCUT2D eigenvalue weighted by molar-refractivity contribution is 4.90. The number of nitrogens with one attached hydrogen (secondary N) is 1. The Kier molecular flexibility index (Phi) is 5.34. The molecule has 1 unspecified atom stereocenters. The lowest BCUT2D eigenvalue weighted by molar-refractivity contribution is -0.159. The first-order valence-electron chi connectivity index (χ1n) is 6.39. The van der Waals surface area contributed by atoms with E-state index < -0.39 is 12.1 Å². The number of rotatable bonds is 7. The first kappa shape index (κ1) is 15.9. The Morgan fingerprint density at radius 1 is 1.26 bits per heavy atom. The summed E-state index contributed by atoms with van der Waals surface area (Å²) in [7, 11) is 1.91. The van der Waals surface area contributed by atoms with Crippen LogP contribution in [0.4, 0.5) is 13.2 Å². The van der Waals surface area contributed by atoms with E-state index in [1.54, 1.807) is 0 Å². The molecule has 0 spiro atoms. The molecule has 1 N–H and O–H groups in total. The van der Waals surface area contributed by atoms with Crippen molar-refractivity contribution in [2.75, 3.05) is 7.05 Å². The van der Waals surface area contributed by atoms with Gasteiger partial charge in [-0.1, -0.05) is 18.5 Å². The molecule has 0 bridgehead atoms. The van der Waals surface area contributed by atoms with Crippen LogP contribution in [0.2, 0.25) is 0 Å². The smallest absolute Gasteiger partial charge is 0.329 e. The Morgan fingerprint density at radius 3 is 2.42 bits per heavy atom. The largest absolute Gasteiger partial charge is 0.471 e. The fourth-order valence-electron chi connectivity index (χ4n) is 1.75. The molecule has 1 heterocycles. The van der Waals surface area contributed by atoms with Crippen LogP contribution in [0.25, 0.3) is 0 Å². The van der Waals surface area contributed by atoms with E-state index in [0.29, 0.717) is 6.42 Å². The molecule has 19 heavy (non-hydrogen) atoms. The lowest BCUT2D eigenvalue weighted by atomic mass is 9.92. The van der Waals surface area contributed by atoms with E-state index in [1.807, 2.05) is 7.05 Å². The van der Waals surface area contributed by atoms with Crippen molar-refractivity contribution in [3.05, 3.63) is 11.7 Å². The predicted molar refractivity (Wildman–Crippen MR) is 64.6 cm³/mol. The number of unbranched alkanes of at least 4 members (excludes halogenated alkanes) is 1. The minimum atomic E-state index is -4.56. The number of alkyl halides is 3.